The number of hydrogen-bond acceptors (Lipinski definition) is 3. The third-order valence-electron chi connectivity index (χ3n) is 5.67. The first-order chi connectivity index (χ1) is 17.2. The Morgan fingerprint density at radius 1 is 0.944 bits per heavy atom. The van der Waals surface area contributed by atoms with Crippen LogP contribution >= 0.6 is 23.2 Å². The molecule has 5 nitrogen and oxygen atoms in total. The molecule has 0 heterocycles. The number of nitrogens with zero attached hydrogens (tertiary/aromatic N) is 1. The smallest absolute Gasteiger partial charge is 0.261 e. The van der Waals surface area contributed by atoms with Crippen LogP contribution in [0, 0.1) is 12.8 Å². The largest absolute Gasteiger partial charge is 0.482 e. The topological polar surface area (TPSA) is 58.6 Å². The van der Waals surface area contributed by atoms with Gasteiger partial charge in [0.25, 0.3) is 5.91 Å². The van der Waals surface area contributed by atoms with Crippen molar-refractivity contribution in [3.8, 4) is 5.75 Å². The van der Waals surface area contributed by atoms with E-state index in [-0.39, 0.29) is 30.9 Å². The predicted octanol–water partition coefficient (Wildman–Crippen LogP) is 6.09. The summed E-state index contributed by atoms with van der Waals surface area (Å²) < 4.78 is 5.76. The van der Waals surface area contributed by atoms with E-state index in [4.69, 9.17) is 27.9 Å². The Bertz CT molecular complexity index is 1150. The van der Waals surface area contributed by atoms with E-state index >= 15 is 0 Å². The molecule has 0 saturated carbocycles. The third-order valence-corrected chi connectivity index (χ3v) is 6.20. The summed E-state index contributed by atoms with van der Waals surface area (Å²) in [5.41, 5.74) is 3.01. The highest BCUT2D eigenvalue weighted by Crippen LogP contribution is 2.27. The molecule has 0 aliphatic heterocycles. The number of halogens is 2. The van der Waals surface area contributed by atoms with Gasteiger partial charge in [0.1, 0.15) is 11.8 Å². The van der Waals surface area contributed by atoms with E-state index in [0.29, 0.717) is 28.8 Å². The molecule has 3 rings (SSSR count). The average Bonchev–Trinajstić information content (AvgIpc) is 2.85. The van der Waals surface area contributed by atoms with Crippen molar-refractivity contribution in [3.63, 3.8) is 0 Å². The summed E-state index contributed by atoms with van der Waals surface area (Å²) in [4.78, 5) is 28.6. The molecule has 3 aromatic carbocycles. The molecule has 7 heteroatoms. The maximum absolute atomic E-state index is 13.6. The van der Waals surface area contributed by atoms with Crippen molar-refractivity contribution in [1.29, 1.82) is 0 Å². The second-order valence-electron chi connectivity index (χ2n) is 9.22. The molecule has 2 amide bonds. The quantitative estimate of drug-likeness (QED) is 0.328. The fourth-order valence-electron chi connectivity index (χ4n) is 3.68. The van der Waals surface area contributed by atoms with E-state index in [9.17, 15) is 9.59 Å². The number of carbonyl (C=O) groups is 2. The fourth-order valence-corrected chi connectivity index (χ4v) is 4.14. The van der Waals surface area contributed by atoms with Crippen molar-refractivity contribution >= 4 is 35.0 Å². The molecule has 1 atom stereocenters. The van der Waals surface area contributed by atoms with Gasteiger partial charge in [0.2, 0.25) is 5.91 Å². The van der Waals surface area contributed by atoms with E-state index in [0.717, 1.165) is 16.7 Å². The summed E-state index contributed by atoms with van der Waals surface area (Å²) >= 11 is 12.2. The van der Waals surface area contributed by atoms with Crippen LogP contribution in [0.4, 0.5) is 0 Å². The number of amides is 2. The molecule has 0 bridgehead atoms. The van der Waals surface area contributed by atoms with Crippen LogP contribution in [0.2, 0.25) is 10.0 Å². The van der Waals surface area contributed by atoms with Crippen LogP contribution in [0.25, 0.3) is 0 Å². The molecule has 0 saturated heterocycles. The fraction of sp³-hybridized carbons (Fsp3) is 0.310. The maximum Gasteiger partial charge on any atom is 0.261 e. The SMILES string of the molecule is Cc1ccc(CN(C(=O)COc2ccc(Cl)cc2Cl)[C@@H](Cc2ccccc2)C(=O)NCC(C)C)cc1. The normalized spacial score (nSPS) is 11.7. The second kappa shape index (κ2) is 13.3. The van der Waals surface area contributed by atoms with Gasteiger partial charge in [-0.2, -0.15) is 0 Å². The second-order valence-corrected chi connectivity index (χ2v) is 10.1. The Kier molecular flexibility index (Phi) is 10.2. The van der Waals surface area contributed by atoms with Crippen molar-refractivity contribution in [2.45, 2.75) is 39.8 Å². The van der Waals surface area contributed by atoms with Crippen molar-refractivity contribution in [2.24, 2.45) is 5.92 Å². The van der Waals surface area contributed by atoms with Gasteiger partial charge < -0.3 is 15.0 Å². The van der Waals surface area contributed by atoms with Crippen LogP contribution in [0.15, 0.2) is 72.8 Å². The summed E-state index contributed by atoms with van der Waals surface area (Å²) in [6.07, 6.45) is 0.379. The third kappa shape index (κ3) is 8.28. The van der Waals surface area contributed by atoms with Crippen molar-refractivity contribution < 1.29 is 14.3 Å². The van der Waals surface area contributed by atoms with Crippen LogP contribution in [-0.4, -0.2) is 35.9 Å². The molecule has 0 aliphatic carbocycles. The Hall–Kier alpha value is -3.02. The van der Waals surface area contributed by atoms with Crippen molar-refractivity contribution in [3.05, 3.63) is 99.5 Å². The molecule has 0 aromatic heterocycles. The van der Waals surface area contributed by atoms with Crippen LogP contribution in [0.3, 0.4) is 0 Å². The van der Waals surface area contributed by atoms with Crippen LogP contribution in [0.5, 0.6) is 5.75 Å². The van der Waals surface area contributed by atoms with Gasteiger partial charge in [0.15, 0.2) is 6.61 Å². The monoisotopic (exact) mass is 526 g/mol. The van der Waals surface area contributed by atoms with Gasteiger partial charge in [-0.25, -0.2) is 0 Å². The van der Waals surface area contributed by atoms with Gasteiger partial charge in [0, 0.05) is 24.5 Å². The minimum absolute atomic E-state index is 0.197. The van der Waals surface area contributed by atoms with Gasteiger partial charge in [-0.15, -0.1) is 0 Å². The molecule has 190 valence electrons. The highest BCUT2D eigenvalue weighted by molar-refractivity contribution is 6.35. The first-order valence-corrected chi connectivity index (χ1v) is 12.7. The predicted molar refractivity (Wildman–Crippen MR) is 145 cm³/mol. The molecule has 1 N–H and O–H groups in total. The standard InChI is InChI=1S/C29H32Cl2N2O3/c1-20(2)17-32-29(35)26(15-22-7-5-4-6-8-22)33(18-23-11-9-21(3)10-12-23)28(34)19-36-27-14-13-24(30)16-25(27)31/h4-14,16,20,26H,15,17-19H2,1-3H3,(H,32,35)/t26-/m0/s1. The lowest BCUT2D eigenvalue weighted by molar-refractivity contribution is -0.142. The van der Waals surface area contributed by atoms with Gasteiger partial charge >= 0.3 is 0 Å². The Morgan fingerprint density at radius 3 is 2.28 bits per heavy atom. The van der Waals surface area contributed by atoms with Gasteiger partial charge in [-0.3, -0.25) is 9.59 Å². The molecule has 3 aromatic rings. The van der Waals surface area contributed by atoms with Crippen molar-refractivity contribution in [2.75, 3.05) is 13.2 Å². The average molecular weight is 527 g/mol. The zero-order chi connectivity index (χ0) is 26.1. The van der Waals surface area contributed by atoms with Crippen LogP contribution < -0.4 is 10.1 Å². The maximum atomic E-state index is 13.6. The minimum Gasteiger partial charge on any atom is -0.482 e. The minimum atomic E-state index is -0.718. The number of ether oxygens (including phenoxy) is 1. The lowest BCUT2D eigenvalue weighted by atomic mass is 10.0. The zero-order valence-corrected chi connectivity index (χ0v) is 22.4. The molecule has 0 aliphatic rings. The number of rotatable bonds is 11. The number of benzene rings is 3. The summed E-state index contributed by atoms with van der Waals surface area (Å²) in [5, 5.41) is 3.80. The van der Waals surface area contributed by atoms with Gasteiger partial charge in [-0.05, 0) is 42.2 Å². The Labute approximate surface area is 223 Å². The van der Waals surface area contributed by atoms with E-state index in [1.165, 1.54) is 0 Å². The van der Waals surface area contributed by atoms with E-state index in [1.807, 2.05) is 75.4 Å². The van der Waals surface area contributed by atoms with Crippen LogP contribution in [0.1, 0.15) is 30.5 Å². The van der Waals surface area contributed by atoms with Crippen LogP contribution in [-0.2, 0) is 22.6 Å². The van der Waals surface area contributed by atoms with Crippen molar-refractivity contribution in [1.82, 2.24) is 10.2 Å². The lowest BCUT2D eigenvalue weighted by Crippen LogP contribution is -2.52. The first-order valence-electron chi connectivity index (χ1n) is 12.0. The summed E-state index contributed by atoms with van der Waals surface area (Å²) in [7, 11) is 0. The Balaban J connectivity index is 1.90. The highest BCUT2D eigenvalue weighted by atomic mass is 35.5. The molecule has 0 radical (unpaired) electrons. The number of aryl methyl sites for hydroxylation is 1. The summed E-state index contributed by atoms with van der Waals surface area (Å²) in [6, 6.07) is 21.7. The number of carbonyl (C=O) groups excluding carboxylic acids is 2. The molecule has 0 spiro atoms. The number of hydrogen-bond donors (Lipinski definition) is 1. The lowest BCUT2D eigenvalue weighted by Gasteiger charge is -2.31. The first kappa shape index (κ1) is 27.6. The summed E-state index contributed by atoms with van der Waals surface area (Å²) in [6.45, 7) is 6.59. The van der Waals surface area contributed by atoms with E-state index in [2.05, 4.69) is 5.32 Å². The van der Waals surface area contributed by atoms with Gasteiger partial charge in [0.05, 0.1) is 5.02 Å². The molecule has 0 fully saturated rings. The highest BCUT2D eigenvalue weighted by Gasteiger charge is 2.30. The zero-order valence-electron chi connectivity index (χ0n) is 20.8. The van der Waals surface area contributed by atoms with Gasteiger partial charge in [-0.1, -0.05) is 97.2 Å². The number of nitrogens with one attached hydrogen (secondary N) is 1. The molecule has 0 unspecified atom stereocenters. The summed E-state index contributed by atoms with van der Waals surface area (Å²) in [5.74, 6) is 0.122. The Morgan fingerprint density at radius 2 is 1.64 bits per heavy atom. The molecular formula is C29H32Cl2N2O3. The molecular weight excluding hydrogens is 495 g/mol. The van der Waals surface area contributed by atoms with E-state index in [1.54, 1.807) is 23.1 Å². The molecule has 36 heavy (non-hydrogen) atoms. The van der Waals surface area contributed by atoms with E-state index < -0.39 is 6.04 Å².